The van der Waals surface area contributed by atoms with Crippen molar-refractivity contribution in [1.82, 2.24) is 0 Å². The molecule has 11 aliphatic heterocycles. The van der Waals surface area contributed by atoms with Crippen molar-refractivity contribution in [3.05, 3.63) is 49.0 Å². The predicted octanol–water partition coefficient (Wildman–Crippen LogP) is 1.48. The van der Waals surface area contributed by atoms with Crippen LogP contribution in [0.25, 0.3) is 0 Å². The maximum Gasteiger partial charge on any atom is 0.342 e. The number of methoxy groups -OCH3 is 5. The topological polar surface area (TPSA) is 462 Å². The van der Waals surface area contributed by atoms with E-state index in [1.807, 2.05) is 0 Å². The second-order valence-electron chi connectivity index (χ2n) is 29.5. The standard InChI is InChI=1S/C69H97Cl2NO37/c1-24-15-31(73)16-32(74)47(24)98-36-22-92-69(60-53(36)90-23-91-60)106-37-21-89-62(45(78)52(37)107-69)104-64-56(87-13)44(77)51(35(99-64)20-84-10)102-63-46(79)55(50(85-11)27(4)95-63)103-65-57(80)67(9)59(30(7)96-65)108-68(109-67)18-33(75)48(28(5)105-68)100-38-17-34(97-39-19-66(8,72(82)83)58(88-14)29(6)94-39)49(26(3)93-38)101-61(81)40-25(2)41(70)43(76)42(71)54(40)86-12/h15-16,26-30,33-39,44-46,48-53,55-60,62-65,73-80H,17-23H2,1-14H3/t26-,27-,28-,29+,30-,33-,34-,35-,36?,37+,38?,39?,44+,45-,46-,48-,49-,50+,51-,52-,53?,55-,56+,57-,58+,59-,60?,62+,63+,64+,65+,66-,67-,68?,69?/m1/s1. The van der Waals surface area contributed by atoms with E-state index in [2.05, 4.69) is 0 Å². The summed E-state index contributed by atoms with van der Waals surface area (Å²) in [5, 5.41) is 104. The Bertz CT molecular complexity index is 3520. The Morgan fingerprint density at radius 2 is 1.34 bits per heavy atom. The fraction of sp³-hybridized carbons (Fsp3) is 0.812. The van der Waals surface area contributed by atoms with Crippen LogP contribution in [0.1, 0.15) is 89.2 Å². The Hall–Kier alpha value is -4.23. The van der Waals surface area contributed by atoms with Crippen molar-refractivity contribution in [2.75, 3.05) is 62.2 Å². The number of nitro groups is 1. The second kappa shape index (κ2) is 32.5. The number of carbonyl (C=O) groups excluding carboxylic acids is 1. The molecule has 2 spiro atoms. The Morgan fingerprint density at radius 1 is 0.633 bits per heavy atom. The molecule has 11 aliphatic rings. The number of esters is 1. The molecule has 11 heterocycles. The summed E-state index contributed by atoms with van der Waals surface area (Å²) in [5.74, 6) is -6.11. The SMILES string of the molecule is COC[C@H]1O[C@@H](O[C@@H]2OC[C@@H]3OC4(OCC(Oc5c(C)cc(O)cc5O)C5OCOC54)O[C@H]3[C@H]2O)[C@@H](OC)[C@@H](O)[C@@H]1O[C@@H]1O[C@H](C)[C@H](OC)[C@H](O[C@@H]2O[C@H](C)[C@H]3OC4(C[C@@H](O)[C@H](OC5C[C@@H](OC6C[C@@](C)([N+](=O)[O-])[C@@H](OC)[C@H](C)O6)[C@H](OC(=O)c6c(C)c(Cl)c(O)c(Cl)c6OC)[C@@H](C)O5)[C@@H](C)O4)O[C@]3(C)[C@@H]2O)[C@H]1O. The van der Waals surface area contributed by atoms with Crippen LogP contribution < -0.4 is 9.47 Å². The summed E-state index contributed by atoms with van der Waals surface area (Å²) >= 11 is 12.8. The van der Waals surface area contributed by atoms with Crippen molar-refractivity contribution in [1.29, 1.82) is 0 Å². The van der Waals surface area contributed by atoms with Crippen LogP contribution >= 0.6 is 23.2 Å². The number of rotatable bonds is 21. The number of fused-ring (bicyclic) bond motifs is 4. The lowest BCUT2D eigenvalue weighted by Crippen LogP contribution is -2.68. The molecule has 0 aliphatic carbocycles. The largest absolute Gasteiger partial charge is 0.508 e. The van der Waals surface area contributed by atoms with E-state index in [4.69, 9.17) is 146 Å². The Labute approximate surface area is 635 Å². The number of nitrogens with zero attached hydrogens (tertiary/aromatic N) is 1. The Morgan fingerprint density at radius 3 is 2.02 bits per heavy atom. The number of aryl methyl sites for hydroxylation is 1. The molecule has 614 valence electrons. The lowest BCUT2D eigenvalue weighted by Gasteiger charge is -2.50. The normalized spacial score (nSPS) is 46.3. The number of hydrogen-bond acceptors (Lipinski definition) is 37. The van der Waals surface area contributed by atoms with Gasteiger partial charge < -0.3 is 164 Å². The zero-order valence-electron chi connectivity index (χ0n) is 62.1. The third-order valence-corrected chi connectivity index (χ3v) is 23.1. The van der Waals surface area contributed by atoms with E-state index < -0.39 is 236 Å². The van der Waals surface area contributed by atoms with Crippen LogP contribution in [0.4, 0.5) is 0 Å². The van der Waals surface area contributed by atoms with Gasteiger partial charge in [-0.2, -0.15) is 0 Å². The van der Waals surface area contributed by atoms with E-state index in [1.54, 1.807) is 48.5 Å². The van der Waals surface area contributed by atoms with Crippen molar-refractivity contribution in [2.45, 2.75) is 295 Å². The van der Waals surface area contributed by atoms with Crippen LogP contribution in [0, 0.1) is 24.0 Å². The van der Waals surface area contributed by atoms with E-state index in [1.165, 1.54) is 55.5 Å². The Balaban J connectivity index is 0.648. The molecule has 11 saturated heterocycles. The van der Waals surface area contributed by atoms with E-state index >= 15 is 0 Å². The summed E-state index contributed by atoms with van der Waals surface area (Å²) in [6.07, 6.45) is -39.9. The number of phenols is 3. The van der Waals surface area contributed by atoms with Gasteiger partial charge in [-0.15, -0.1) is 0 Å². The van der Waals surface area contributed by atoms with Gasteiger partial charge in [0, 0.05) is 52.8 Å². The van der Waals surface area contributed by atoms with Crippen molar-refractivity contribution >= 4 is 29.2 Å². The fourth-order valence-corrected chi connectivity index (χ4v) is 17.4. The molecule has 7 unspecified atom stereocenters. The van der Waals surface area contributed by atoms with Gasteiger partial charge >= 0.3 is 11.9 Å². The van der Waals surface area contributed by atoms with Gasteiger partial charge in [0.2, 0.25) is 0 Å². The molecule has 2 aromatic rings. The van der Waals surface area contributed by atoms with Gasteiger partial charge in [0.05, 0.1) is 81.4 Å². The minimum Gasteiger partial charge on any atom is -0.508 e. The number of ether oxygens (including phenoxy) is 26. The van der Waals surface area contributed by atoms with Crippen LogP contribution in [0.15, 0.2) is 12.1 Å². The highest BCUT2D eigenvalue weighted by atomic mass is 35.5. The third-order valence-electron chi connectivity index (χ3n) is 22.2. The molecule has 109 heavy (non-hydrogen) atoms. The highest BCUT2D eigenvalue weighted by molar-refractivity contribution is 6.39. The van der Waals surface area contributed by atoms with Crippen LogP contribution in [0.3, 0.4) is 0 Å². The van der Waals surface area contributed by atoms with Crippen molar-refractivity contribution in [3.8, 4) is 28.7 Å². The van der Waals surface area contributed by atoms with Gasteiger partial charge in [-0.1, -0.05) is 23.2 Å². The van der Waals surface area contributed by atoms with Crippen LogP contribution in [0.2, 0.25) is 10.0 Å². The molecule has 11 fully saturated rings. The smallest absolute Gasteiger partial charge is 0.342 e. The van der Waals surface area contributed by atoms with E-state index in [0.29, 0.717) is 5.56 Å². The molecule has 0 bridgehead atoms. The minimum atomic E-state index is -2.06. The quantitative estimate of drug-likeness (QED) is 0.0498. The number of aromatic hydroxyl groups is 3. The molecular weight excluding hydrogens is 1510 g/mol. The first-order chi connectivity index (χ1) is 51.7. The maximum absolute atomic E-state index is 14.3. The number of hydrogen-bond donors (Lipinski definition) is 8. The van der Waals surface area contributed by atoms with E-state index in [9.17, 15) is 55.8 Å². The number of aliphatic hydroxyl groups is 5. The first-order valence-electron chi connectivity index (χ1n) is 35.9. The summed E-state index contributed by atoms with van der Waals surface area (Å²) in [4.78, 5) is 26.5. The number of halogens is 2. The molecule has 13 rings (SSSR count). The number of carbonyl (C=O) groups is 1. The number of phenolic OH excluding ortho intramolecular Hbond substituents is 3. The van der Waals surface area contributed by atoms with Gasteiger partial charge in [0.15, 0.2) is 85.2 Å². The molecule has 38 nitrogen and oxygen atoms in total. The number of benzene rings is 2. The molecule has 8 N–H and O–H groups in total. The molecule has 0 saturated carbocycles. The predicted molar refractivity (Wildman–Crippen MR) is 358 cm³/mol. The van der Waals surface area contributed by atoms with Gasteiger partial charge in [-0.3, -0.25) is 10.1 Å². The number of aliphatic hydroxyl groups excluding tert-OH is 5. The molecule has 35 atom stereocenters. The van der Waals surface area contributed by atoms with Gasteiger partial charge in [-0.05, 0) is 72.6 Å². The summed E-state index contributed by atoms with van der Waals surface area (Å²) in [7, 11) is 6.57. The van der Waals surface area contributed by atoms with Gasteiger partial charge in [0.25, 0.3) is 11.5 Å². The average molecular weight is 1600 g/mol. The molecular formula is C69H97Cl2NO37. The molecule has 0 aromatic heterocycles. The molecule has 0 amide bonds. The van der Waals surface area contributed by atoms with Gasteiger partial charge in [-0.25, -0.2) is 4.79 Å². The molecule has 40 heteroatoms. The fourth-order valence-electron chi connectivity index (χ4n) is 16.9. The molecule has 0 radical (unpaired) electrons. The second-order valence-corrected chi connectivity index (χ2v) is 30.3. The van der Waals surface area contributed by atoms with Crippen molar-refractivity contribution in [3.63, 3.8) is 0 Å². The van der Waals surface area contributed by atoms with Crippen LogP contribution in [0.5, 0.6) is 28.7 Å². The van der Waals surface area contributed by atoms with Crippen molar-refractivity contribution < 1.29 is 174 Å². The lowest BCUT2D eigenvalue weighted by atomic mass is 9.85. The molecule has 2 aromatic carbocycles. The average Bonchev–Trinajstić information content (AvgIpc) is 1.58. The summed E-state index contributed by atoms with van der Waals surface area (Å²) < 4.78 is 161. The van der Waals surface area contributed by atoms with Crippen molar-refractivity contribution in [2.24, 2.45) is 0 Å². The summed E-state index contributed by atoms with van der Waals surface area (Å²) in [6.45, 7) is 13.2. The van der Waals surface area contributed by atoms with Gasteiger partial charge in [0.1, 0.15) is 120 Å². The monoisotopic (exact) mass is 1600 g/mol. The first kappa shape index (κ1) is 82.7. The summed E-state index contributed by atoms with van der Waals surface area (Å²) in [6, 6.07) is 2.56. The lowest BCUT2D eigenvalue weighted by molar-refractivity contribution is -0.595. The third kappa shape index (κ3) is 15.2. The van der Waals surface area contributed by atoms with Crippen LogP contribution in [-0.4, -0.2) is 327 Å². The summed E-state index contributed by atoms with van der Waals surface area (Å²) in [5.41, 5.74) is -3.13. The van der Waals surface area contributed by atoms with Crippen LogP contribution in [-0.2, 0) is 114 Å². The zero-order valence-corrected chi connectivity index (χ0v) is 63.6. The first-order valence-corrected chi connectivity index (χ1v) is 36.6. The zero-order chi connectivity index (χ0) is 78.6. The Kier molecular flexibility index (Phi) is 24.6. The highest BCUT2D eigenvalue weighted by Crippen LogP contribution is 2.53. The van der Waals surface area contributed by atoms with E-state index in [-0.39, 0.29) is 83.6 Å². The highest BCUT2D eigenvalue weighted by Gasteiger charge is 2.70. The van der Waals surface area contributed by atoms with E-state index in [0.717, 1.165) is 6.07 Å². The minimum absolute atomic E-state index is 0.0734. The maximum atomic E-state index is 14.3.